The van der Waals surface area contributed by atoms with Gasteiger partial charge in [0.25, 0.3) is 0 Å². The fourth-order valence-corrected chi connectivity index (χ4v) is 2.03. The van der Waals surface area contributed by atoms with Crippen LogP contribution in [0, 0.1) is 0 Å². The minimum absolute atomic E-state index is 0.129. The summed E-state index contributed by atoms with van der Waals surface area (Å²) in [6.45, 7) is 4.24. The number of aromatic nitrogens is 3. The second-order valence-corrected chi connectivity index (χ2v) is 5.10. The Morgan fingerprint density at radius 3 is 2.25 bits per heavy atom. The van der Waals surface area contributed by atoms with Gasteiger partial charge in [0.1, 0.15) is 5.82 Å². The number of nitrogens with zero attached hydrogens (tertiary/aromatic N) is 3. The Kier molecular flexibility index (Phi) is 4.04. The van der Waals surface area contributed by atoms with E-state index >= 15 is 0 Å². The summed E-state index contributed by atoms with van der Waals surface area (Å²) in [5.41, 5.74) is 0.0433. The van der Waals surface area contributed by atoms with Gasteiger partial charge in [0.2, 0.25) is 5.28 Å². The molecule has 0 saturated carbocycles. The van der Waals surface area contributed by atoms with Crippen LogP contribution in [0.4, 0.5) is 13.2 Å². The van der Waals surface area contributed by atoms with E-state index in [0.29, 0.717) is 17.9 Å². The quantitative estimate of drug-likeness (QED) is 0.854. The zero-order valence-electron chi connectivity index (χ0n) is 10.9. The summed E-state index contributed by atoms with van der Waals surface area (Å²) < 4.78 is 39.1. The lowest BCUT2D eigenvalue weighted by Gasteiger charge is -2.11. The molecule has 1 aromatic heterocycles. The number of hydrogen-bond donors (Lipinski definition) is 0. The Balaban J connectivity index is 2.25. The fourth-order valence-electron chi connectivity index (χ4n) is 1.85. The second kappa shape index (κ2) is 5.44. The van der Waals surface area contributed by atoms with Crippen LogP contribution in [0.15, 0.2) is 24.3 Å². The molecule has 1 heterocycles. The molecule has 0 spiro atoms. The van der Waals surface area contributed by atoms with Gasteiger partial charge in [-0.15, -0.1) is 10.2 Å². The van der Waals surface area contributed by atoms with Gasteiger partial charge in [0.05, 0.1) is 12.1 Å². The number of rotatable bonds is 3. The molecule has 0 radical (unpaired) electrons. The molecule has 2 aromatic rings. The average molecular weight is 304 g/mol. The number of alkyl halides is 3. The van der Waals surface area contributed by atoms with Crippen LogP contribution in [0.1, 0.15) is 36.7 Å². The van der Waals surface area contributed by atoms with E-state index in [1.165, 1.54) is 12.1 Å². The van der Waals surface area contributed by atoms with Crippen LogP contribution >= 0.6 is 11.6 Å². The molecule has 2 rings (SSSR count). The minimum atomic E-state index is -4.32. The second-order valence-electron chi connectivity index (χ2n) is 4.76. The third kappa shape index (κ3) is 3.12. The molecule has 3 nitrogen and oxygen atoms in total. The molecule has 0 fully saturated rings. The molecule has 0 bridgehead atoms. The van der Waals surface area contributed by atoms with Crippen molar-refractivity contribution in [1.82, 2.24) is 14.8 Å². The summed E-state index contributed by atoms with van der Waals surface area (Å²) in [5.74, 6) is 0.833. The zero-order valence-corrected chi connectivity index (χ0v) is 11.7. The van der Waals surface area contributed by atoms with Crippen molar-refractivity contribution in [2.24, 2.45) is 0 Å². The zero-order chi connectivity index (χ0) is 14.9. The summed E-state index contributed by atoms with van der Waals surface area (Å²) in [6.07, 6.45) is -4.32. The molecule has 0 amide bonds. The van der Waals surface area contributed by atoms with Gasteiger partial charge < -0.3 is 0 Å². The maximum absolute atomic E-state index is 12.5. The molecule has 0 atom stereocenters. The van der Waals surface area contributed by atoms with E-state index in [-0.39, 0.29) is 11.2 Å². The lowest BCUT2D eigenvalue weighted by Crippen LogP contribution is -2.08. The van der Waals surface area contributed by atoms with Gasteiger partial charge in [-0.3, -0.25) is 4.57 Å². The minimum Gasteiger partial charge on any atom is -0.297 e. The van der Waals surface area contributed by atoms with E-state index < -0.39 is 11.7 Å². The molecule has 0 saturated heterocycles. The Morgan fingerprint density at radius 2 is 1.75 bits per heavy atom. The topological polar surface area (TPSA) is 30.7 Å². The van der Waals surface area contributed by atoms with Crippen molar-refractivity contribution in [2.45, 2.75) is 32.5 Å². The first-order chi connectivity index (χ1) is 9.29. The summed E-state index contributed by atoms with van der Waals surface area (Å²) in [6, 6.07) is 4.98. The highest BCUT2D eigenvalue weighted by Gasteiger charge is 2.29. The third-order valence-corrected chi connectivity index (χ3v) is 3.15. The molecular formula is C13H13ClF3N3. The SMILES string of the molecule is CC(C)c1nnc(Cl)n1Cc1ccc(C(F)(F)F)cc1. The van der Waals surface area contributed by atoms with E-state index in [1.54, 1.807) is 4.57 Å². The van der Waals surface area contributed by atoms with E-state index in [9.17, 15) is 13.2 Å². The van der Waals surface area contributed by atoms with Crippen molar-refractivity contribution in [3.05, 3.63) is 46.5 Å². The van der Waals surface area contributed by atoms with Crippen molar-refractivity contribution in [2.75, 3.05) is 0 Å². The summed E-state index contributed by atoms with van der Waals surface area (Å²) in [4.78, 5) is 0. The number of halogens is 4. The van der Waals surface area contributed by atoms with Gasteiger partial charge in [-0.05, 0) is 29.3 Å². The van der Waals surface area contributed by atoms with Crippen LogP contribution in [0.3, 0.4) is 0 Å². The summed E-state index contributed by atoms with van der Waals surface area (Å²) in [7, 11) is 0. The highest BCUT2D eigenvalue weighted by atomic mass is 35.5. The van der Waals surface area contributed by atoms with Crippen LogP contribution in [0.2, 0.25) is 5.28 Å². The molecular weight excluding hydrogens is 291 g/mol. The largest absolute Gasteiger partial charge is 0.416 e. The van der Waals surface area contributed by atoms with Gasteiger partial charge in [-0.1, -0.05) is 26.0 Å². The molecule has 7 heteroatoms. The van der Waals surface area contributed by atoms with Crippen molar-refractivity contribution in [3.63, 3.8) is 0 Å². The van der Waals surface area contributed by atoms with Gasteiger partial charge in [0.15, 0.2) is 0 Å². The molecule has 1 aromatic carbocycles. The summed E-state index contributed by atoms with van der Waals surface area (Å²) in [5, 5.41) is 7.99. The first-order valence-corrected chi connectivity index (χ1v) is 6.41. The lowest BCUT2D eigenvalue weighted by molar-refractivity contribution is -0.137. The maximum atomic E-state index is 12.5. The third-order valence-electron chi connectivity index (χ3n) is 2.87. The van der Waals surface area contributed by atoms with Crippen molar-refractivity contribution < 1.29 is 13.2 Å². The normalized spacial score (nSPS) is 12.2. The van der Waals surface area contributed by atoms with Gasteiger partial charge in [-0.2, -0.15) is 13.2 Å². The first kappa shape index (κ1) is 14.8. The van der Waals surface area contributed by atoms with E-state index in [2.05, 4.69) is 10.2 Å². The first-order valence-electron chi connectivity index (χ1n) is 6.03. The molecule has 108 valence electrons. The predicted octanol–water partition coefficient (Wildman–Crippen LogP) is 4.12. The predicted molar refractivity (Wildman–Crippen MR) is 69.7 cm³/mol. The molecule has 20 heavy (non-hydrogen) atoms. The van der Waals surface area contributed by atoms with E-state index in [4.69, 9.17) is 11.6 Å². The number of hydrogen-bond acceptors (Lipinski definition) is 2. The average Bonchev–Trinajstić information content (AvgIpc) is 2.71. The Morgan fingerprint density at radius 1 is 1.15 bits per heavy atom. The van der Waals surface area contributed by atoms with Crippen LogP contribution < -0.4 is 0 Å². The van der Waals surface area contributed by atoms with Gasteiger partial charge in [-0.25, -0.2) is 0 Å². The Labute approximate surface area is 119 Å². The standard InChI is InChI=1S/C13H13ClF3N3/c1-8(2)11-18-19-12(14)20(11)7-9-3-5-10(6-4-9)13(15,16)17/h3-6,8H,7H2,1-2H3. The molecule has 0 aliphatic carbocycles. The number of benzene rings is 1. The van der Waals surface area contributed by atoms with Gasteiger partial charge >= 0.3 is 6.18 Å². The maximum Gasteiger partial charge on any atom is 0.416 e. The Hall–Kier alpha value is -1.56. The van der Waals surface area contributed by atoms with E-state index in [0.717, 1.165) is 12.1 Å². The van der Waals surface area contributed by atoms with Crippen LogP contribution in [-0.2, 0) is 12.7 Å². The van der Waals surface area contributed by atoms with Crippen molar-refractivity contribution in [3.8, 4) is 0 Å². The highest BCUT2D eigenvalue weighted by Crippen LogP contribution is 2.29. The highest BCUT2D eigenvalue weighted by molar-refractivity contribution is 6.28. The molecule has 0 aliphatic rings. The fraction of sp³-hybridized carbons (Fsp3) is 0.385. The smallest absolute Gasteiger partial charge is 0.297 e. The molecule has 0 aliphatic heterocycles. The molecule has 0 unspecified atom stereocenters. The molecule has 0 N–H and O–H groups in total. The van der Waals surface area contributed by atoms with Crippen LogP contribution in [0.25, 0.3) is 0 Å². The van der Waals surface area contributed by atoms with Crippen LogP contribution in [0.5, 0.6) is 0 Å². The van der Waals surface area contributed by atoms with Crippen molar-refractivity contribution in [1.29, 1.82) is 0 Å². The Bertz CT molecular complexity index is 588. The van der Waals surface area contributed by atoms with Crippen molar-refractivity contribution >= 4 is 11.6 Å². The lowest BCUT2D eigenvalue weighted by atomic mass is 10.1. The summed E-state index contributed by atoms with van der Waals surface area (Å²) >= 11 is 5.95. The van der Waals surface area contributed by atoms with Gasteiger partial charge in [0, 0.05) is 5.92 Å². The van der Waals surface area contributed by atoms with Crippen LogP contribution in [-0.4, -0.2) is 14.8 Å². The monoisotopic (exact) mass is 303 g/mol. The van der Waals surface area contributed by atoms with E-state index in [1.807, 2.05) is 13.8 Å².